The Morgan fingerprint density at radius 1 is 1.03 bits per heavy atom. The molecule has 0 aromatic heterocycles. The number of anilines is 1. The van der Waals surface area contributed by atoms with Gasteiger partial charge in [-0.3, -0.25) is 14.5 Å². The molecule has 6 nitrogen and oxygen atoms in total. The van der Waals surface area contributed by atoms with E-state index in [9.17, 15) is 14.7 Å². The van der Waals surface area contributed by atoms with Crippen molar-refractivity contribution in [3.63, 3.8) is 0 Å². The van der Waals surface area contributed by atoms with Gasteiger partial charge in [0.1, 0.15) is 17.3 Å². The average Bonchev–Trinajstić information content (AvgIpc) is 3.10. The number of rotatable bonds is 6. The van der Waals surface area contributed by atoms with Crippen LogP contribution in [0.3, 0.4) is 0 Å². The van der Waals surface area contributed by atoms with E-state index in [2.05, 4.69) is 0 Å². The molecular formula is C27H24ClNO5. The first kappa shape index (κ1) is 23.4. The number of carbonyl (C=O) groups is 2. The quantitative estimate of drug-likeness (QED) is 0.281. The number of ether oxygens (including phenoxy) is 2. The van der Waals surface area contributed by atoms with Crippen molar-refractivity contribution in [1.82, 2.24) is 0 Å². The minimum Gasteiger partial charge on any atom is -0.507 e. The number of methoxy groups -OCH3 is 1. The van der Waals surface area contributed by atoms with Gasteiger partial charge in [0.25, 0.3) is 11.7 Å². The maximum atomic E-state index is 13.3. The molecule has 0 radical (unpaired) electrons. The number of hydrogen-bond acceptors (Lipinski definition) is 5. The van der Waals surface area contributed by atoms with Gasteiger partial charge in [-0.05, 0) is 49.7 Å². The van der Waals surface area contributed by atoms with Crippen LogP contribution in [0.1, 0.15) is 29.7 Å². The molecule has 3 aromatic rings. The van der Waals surface area contributed by atoms with Gasteiger partial charge in [-0.1, -0.05) is 47.5 Å². The predicted molar refractivity (Wildman–Crippen MR) is 132 cm³/mol. The molecule has 4 rings (SSSR count). The van der Waals surface area contributed by atoms with Crippen LogP contribution >= 0.6 is 11.6 Å². The second kappa shape index (κ2) is 9.61. The number of hydrogen-bond donors (Lipinski definition) is 1. The molecular weight excluding hydrogens is 454 g/mol. The Balaban J connectivity index is 1.96. The lowest BCUT2D eigenvalue weighted by atomic mass is 9.94. The normalized spacial score (nSPS) is 17.2. The highest BCUT2D eigenvalue weighted by Gasteiger charge is 2.47. The smallest absolute Gasteiger partial charge is 0.300 e. The Bertz CT molecular complexity index is 1300. The Morgan fingerprint density at radius 3 is 2.50 bits per heavy atom. The first-order valence-corrected chi connectivity index (χ1v) is 11.2. The van der Waals surface area contributed by atoms with Gasteiger partial charge in [-0.2, -0.15) is 0 Å². The Hall–Kier alpha value is -3.77. The first-order chi connectivity index (χ1) is 16.3. The number of amides is 1. The van der Waals surface area contributed by atoms with Crippen molar-refractivity contribution in [2.75, 3.05) is 18.6 Å². The molecule has 0 aliphatic carbocycles. The second-order valence-corrected chi connectivity index (χ2v) is 8.27. The maximum absolute atomic E-state index is 13.3. The molecule has 174 valence electrons. The summed E-state index contributed by atoms with van der Waals surface area (Å²) in [5.41, 5.74) is 2.27. The molecule has 3 aromatic carbocycles. The van der Waals surface area contributed by atoms with Crippen LogP contribution in [0.25, 0.3) is 5.76 Å². The number of aliphatic hydroxyl groups is 1. The van der Waals surface area contributed by atoms with Crippen LogP contribution in [0.5, 0.6) is 11.5 Å². The van der Waals surface area contributed by atoms with Gasteiger partial charge in [0, 0.05) is 17.3 Å². The van der Waals surface area contributed by atoms with Gasteiger partial charge < -0.3 is 14.6 Å². The van der Waals surface area contributed by atoms with E-state index in [0.717, 1.165) is 5.56 Å². The Morgan fingerprint density at radius 2 is 1.79 bits per heavy atom. The number of aliphatic hydroxyl groups excluding tert-OH is 1. The molecule has 1 fully saturated rings. The van der Waals surface area contributed by atoms with Gasteiger partial charge in [0.05, 0.1) is 30.4 Å². The highest BCUT2D eigenvalue weighted by atomic mass is 35.5. The monoisotopic (exact) mass is 477 g/mol. The summed E-state index contributed by atoms with van der Waals surface area (Å²) in [6.07, 6.45) is 0. The number of carbonyl (C=O) groups excluding carboxylic acids is 2. The molecule has 0 bridgehead atoms. The molecule has 1 heterocycles. The molecule has 1 N–H and O–H groups in total. The third-order valence-electron chi connectivity index (χ3n) is 5.64. The molecule has 1 aliphatic heterocycles. The SMILES string of the molecule is CCOc1ccc(Cl)c(/C(O)=C2\C(=O)C(=O)N(c3cccc(OC)c3)C2c2cccc(C)c2)c1. The van der Waals surface area contributed by atoms with Crippen LogP contribution in [-0.4, -0.2) is 30.5 Å². The molecule has 1 unspecified atom stereocenters. The Labute approximate surface area is 203 Å². The summed E-state index contributed by atoms with van der Waals surface area (Å²) in [6, 6.07) is 18.3. The van der Waals surface area contributed by atoms with Crippen molar-refractivity contribution in [2.24, 2.45) is 0 Å². The van der Waals surface area contributed by atoms with E-state index in [-0.39, 0.29) is 21.9 Å². The molecule has 7 heteroatoms. The van der Waals surface area contributed by atoms with Crippen molar-refractivity contribution in [2.45, 2.75) is 19.9 Å². The standard InChI is InChI=1S/C27H24ClNO5/c1-4-34-20-11-12-22(28)21(15-20)25(30)23-24(17-8-5-7-16(2)13-17)29(27(32)26(23)31)18-9-6-10-19(14-18)33-3/h5-15,24,30H,4H2,1-3H3/b25-23+. The van der Waals surface area contributed by atoms with E-state index in [1.807, 2.05) is 38.1 Å². The summed E-state index contributed by atoms with van der Waals surface area (Å²) in [4.78, 5) is 28.0. The van der Waals surface area contributed by atoms with E-state index in [1.165, 1.54) is 12.0 Å². The number of nitrogens with zero attached hydrogens (tertiary/aromatic N) is 1. The predicted octanol–water partition coefficient (Wildman–Crippen LogP) is 5.68. The van der Waals surface area contributed by atoms with Crippen molar-refractivity contribution < 1.29 is 24.2 Å². The maximum Gasteiger partial charge on any atom is 0.300 e. The third kappa shape index (κ3) is 4.24. The number of Topliss-reactive ketones (excluding diaryl/α,β-unsaturated/α-hetero) is 1. The van der Waals surface area contributed by atoms with E-state index < -0.39 is 17.7 Å². The lowest BCUT2D eigenvalue weighted by Crippen LogP contribution is -2.29. The fourth-order valence-electron chi connectivity index (χ4n) is 4.10. The minimum absolute atomic E-state index is 0.0473. The van der Waals surface area contributed by atoms with Crippen LogP contribution in [0.15, 0.2) is 72.3 Å². The number of ketones is 1. The van der Waals surface area contributed by atoms with Crippen molar-refractivity contribution in [3.8, 4) is 11.5 Å². The van der Waals surface area contributed by atoms with Gasteiger partial charge in [-0.15, -0.1) is 0 Å². The summed E-state index contributed by atoms with van der Waals surface area (Å²) >= 11 is 6.39. The summed E-state index contributed by atoms with van der Waals surface area (Å²) in [6.45, 7) is 4.18. The Kier molecular flexibility index (Phi) is 6.61. The van der Waals surface area contributed by atoms with Crippen molar-refractivity contribution in [3.05, 3.63) is 94.0 Å². The van der Waals surface area contributed by atoms with Crippen LogP contribution < -0.4 is 14.4 Å². The van der Waals surface area contributed by atoms with Gasteiger partial charge in [0.15, 0.2) is 0 Å². The lowest BCUT2D eigenvalue weighted by Gasteiger charge is -2.26. The molecule has 1 amide bonds. The van der Waals surface area contributed by atoms with Crippen LogP contribution in [0, 0.1) is 6.92 Å². The van der Waals surface area contributed by atoms with E-state index in [4.69, 9.17) is 21.1 Å². The topological polar surface area (TPSA) is 76.1 Å². The van der Waals surface area contributed by atoms with Gasteiger partial charge in [-0.25, -0.2) is 0 Å². The van der Waals surface area contributed by atoms with E-state index in [0.29, 0.717) is 29.4 Å². The first-order valence-electron chi connectivity index (χ1n) is 10.8. The molecule has 1 saturated heterocycles. The highest BCUT2D eigenvalue weighted by molar-refractivity contribution is 6.52. The number of benzene rings is 3. The fourth-order valence-corrected chi connectivity index (χ4v) is 4.31. The number of aryl methyl sites for hydroxylation is 1. The summed E-state index contributed by atoms with van der Waals surface area (Å²) in [7, 11) is 1.53. The van der Waals surface area contributed by atoms with E-state index >= 15 is 0 Å². The molecule has 0 spiro atoms. The molecule has 1 aliphatic rings. The molecule has 1 atom stereocenters. The van der Waals surface area contributed by atoms with Crippen molar-refractivity contribution >= 4 is 34.7 Å². The van der Waals surface area contributed by atoms with Crippen LogP contribution in [0.4, 0.5) is 5.69 Å². The zero-order valence-corrected chi connectivity index (χ0v) is 19.8. The zero-order chi connectivity index (χ0) is 24.4. The van der Waals surface area contributed by atoms with Gasteiger partial charge in [0.2, 0.25) is 0 Å². The fraction of sp³-hybridized carbons (Fsp3) is 0.185. The zero-order valence-electron chi connectivity index (χ0n) is 19.0. The third-order valence-corrected chi connectivity index (χ3v) is 5.97. The summed E-state index contributed by atoms with van der Waals surface area (Å²) in [5, 5.41) is 11.6. The van der Waals surface area contributed by atoms with E-state index in [1.54, 1.807) is 42.5 Å². The summed E-state index contributed by atoms with van der Waals surface area (Å²) in [5.74, 6) is -0.887. The lowest BCUT2D eigenvalue weighted by molar-refractivity contribution is -0.132. The second-order valence-electron chi connectivity index (χ2n) is 7.86. The van der Waals surface area contributed by atoms with Crippen LogP contribution in [-0.2, 0) is 9.59 Å². The molecule has 0 saturated carbocycles. The number of halogens is 1. The average molecular weight is 478 g/mol. The minimum atomic E-state index is -0.862. The summed E-state index contributed by atoms with van der Waals surface area (Å²) < 4.78 is 10.9. The largest absolute Gasteiger partial charge is 0.507 e. The van der Waals surface area contributed by atoms with Gasteiger partial charge >= 0.3 is 0 Å². The highest BCUT2D eigenvalue weighted by Crippen LogP contribution is 2.44. The van der Waals surface area contributed by atoms with Crippen LogP contribution in [0.2, 0.25) is 5.02 Å². The van der Waals surface area contributed by atoms with Crippen molar-refractivity contribution in [1.29, 1.82) is 0 Å². The molecule has 34 heavy (non-hydrogen) atoms.